The summed E-state index contributed by atoms with van der Waals surface area (Å²) in [6, 6.07) is 7.73. The summed E-state index contributed by atoms with van der Waals surface area (Å²) in [6.07, 6.45) is 7.62. The Balaban J connectivity index is 1.55. The molecule has 3 heterocycles. The lowest BCUT2D eigenvalue weighted by atomic mass is 9.86. The van der Waals surface area contributed by atoms with E-state index in [1.54, 1.807) is 6.07 Å². The standard InChI is InChI=1S/C21H31FN2/c1-21(2,3)15-6-9-20(19(22)12-15)24-16-7-8-17(24)14-18(13-16)23-10-4-5-11-23/h6,9,12,16-18H,4-5,7-8,10-11,13-14H2,1-3H3. The zero-order chi connectivity index (χ0) is 16.9. The molecule has 0 aromatic heterocycles. The Bertz CT molecular complexity index is 586. The first-order chi connectivity index (χ1) is 11.4. The van der Waals surface area contributed by atoms with E-state index in [1.165, 1.54) is 51.6 Å². The number of benzene rings is 1. The minimum Gasteiger partial charge on any atom is -0.363 e. The number of hydrogen-bond acceptors (Lipinski definition) is 2. The van der Waals surface area contributed by atoms with Gasteiger partial charge in [-0.05, 0) is 74.7 Å². The third-order valence-corrected chi connectivity index (χ3v) is 6.46. The van der Waals surface area contributed by atoms with Gasteiger partial charge < -0.3 is 9.80 Å². The topological polar surface area (TPSA) is 6.48 Å². The van der Waals surface area contributed by atoms with Crippen LogP contribution in [-0.2, 0) is 5.41 Å². The van der Waals surface area contributed by atoms with Gasteiger partial charge in [-0.2, -0.15) is 0 Å². The molecule has 3 heteroatoms. The molecule has 2 nitrogen and oxygen atoms in total. The van der Waals surface area contributed by atoms with Crippen LogP contribution in [0.2, 0.25) is 0 Å². The molecule has 2 bridgehead atoms. The second-order valence-corrected chi connectivity index (χ2v) is 9.08. The molecule has 4 rings (SSSR count). The Hall–Kier alpha value is -1.09. The lowest BCUT2D eigenvalue weighted by Gasteiger charge is -2.43. The largest absolute Gasteiger partial charge is 0.363 e. The lowest BCUT2D eigenvalue weighted by molar-refractivity contribution is 0.186. The van der Waals surface area contributed by atoms with E-state index in [4.69, 9.17) is 0 Å². The molecule has 3 saturated heterocycles. The number of fused-ring (bicyclic) bond motifs is 2. The van der Waals surface area contributed by atoms with Gasteiger partial charge in [0.05, 0.1) is 5.69 Å². The number of halogens is 1. The van der Waals surface area contributed by atoms with Crippen LogP contribution in [0.25, 0.3) is 0 Å². The molecule has 3 aliphatic rings. The summed E-state index contributed by atoms with van der Waals surface area (Å²) in [5.74, 6) is -0.0288. The first kappa shape index (κ1) is 16.4. The Morgan fingerprint density at radius 3 is 2.12 bits per heavy atom. The molecule has 3 fully saturated rings. The van der Waals surface area contributed by atoms with Gasteiger partial charge in [0, 0.05) is 18.1 Å². The Morgan fingerprint density at radius 2 is 1.58 bits per heavy atom. The van der Waals surface area contributed by atoms with Gasteiger partial charge in [-0.25, -0.2) is 4.39 Å². The van der Waals surface area contributed by atoms with Crippen molar-refractivity contribution < 1.29 is 4.39 Å². The fourth-order valence-electron chi connectivity index (χ4n) is 5.13. The van der Waals surface area contributed by atoms with Crippen LogP contribution in [0.5, 0.6) is 0 Å². The van der Waals surface area contributed by atoms with E-state index < -0.39 is 0 Å². The third kappa shape index (κ3) is 2.85. The third-order valence-electron chi connectivity index (χ3n) is 6.46. The van der Waals surface area contributed by atoms with Gasteiger partial charge in [0.25, 0.3) is 0 Å². The number of piperidine rings is 1. The maximum atomic E-state index is 14.9. The summed E-state index contributed by atoms with van der Waals surface area (Å²) in [5, 5.41) is 0. The van der Waals surface area contributed by atoms with Crippen molar-refractivity contribution in [2.24, 2.45) is 0 Å². The molecule has 0 amide bonds. The van der Waals surface area contributed by atoms with Crippen molar-refractivity contribution in [1.82, 2.24) is 4.90 Å². The quantitative estimate of drug-likeness (QED) is 0.774. The smallest absolute Gasteiger partial charge is 0.146 e. The number of hydrogen-bond donors (Lipinski definition) is 0. The molecule has 0 radical (unpaired) electrons. The molecule has 1 aromatic carbocycles. The zero-order valence-corrected chi connectivity index (χ0v) is 15.4. The average Bonchev–Trinajstić information content (AvgIpc) is 3.13. The molecule has 0 N–H and O–H groups in total. The summed E-state index contributed by atoms with van der Waals surface area (Å²) >= 11 is 0. The summed E-state index contributed by atoms with van der Waals surface area (Å²) < 4.78 is 14.9. The number of likely N-dealkylation sites (tertiary alicyclic amines) is 1. The monoisotopic (exact) mass is 330 g/mol. The second-order valence-electron chi connectivity index (χ2n) is 9.08. The summed E-state index contributed by atoms with van der Waals surface area (Å²) in [6.45, 7) is 8.99. The predicted octanol–water partition coefficient (Wildman–Crippen LogP) is 4.72. The minimum absolute atomic E-state index is 0.00109. The molecule has 132 valence electrons. The van der Waals surface area contributed by atoms with Crippen molar-refractivity contribution in [2.75, 3.05) is 18.0 Å². The SMILES string of the molecule is CC(C)(C)c1ccc(N2C3CCC2CC(N2CCCC2)C3)c(F)c1. The maximum Gasteiger partial charge on any atom is 0.146 e. The highest BCUT2D eigenvalue weighted by Gasteiger charge is 2.43. The van der Waals surface area contributed by atoms with Gasteiger partial charge in [-0.15, -0.1) is 0 Å². The van der Waals surface area contributed by atoms with E-state index in [2.05, 4.69) is 36.6 Å². The van der Waals surface area contributed by atoms with E-state index in [-0.39, 0.29) is 11.2 Å². The molecular formula is C21H31FN2. The molecule has 0 aliphatic carbocycles. The highest BCUT2D eigenvalue weighted by atomic mass is 19.1. The fraction of sp³-hybridized carbons (Fsp3) is 0.714. The number of nitrogens with zero attached hydrogens (tertiary/aromatic N) is 2. The number of anilines is 1. The van der Waals surface area contributed by atoms with Crippen LogP contribution < -0.4 is 4.90 Å². The normalized spacial score (nSPS) is 31.0. The summed E-state index contributed by atoms with van der Waals surface area (Å²) in [7, 11) is 0. The Labute approximate surface area is 146 Å². The predicted molar refractivity (Wildman–Crippen MR) is 98.2 cm³/mol. The van der Waals surface area contributed by atoms with Crippen LogP contribution in [-0.4, -0.2) is 36.1 Å². The van der Waals surface area contributed by atoms with Crippen molar-refractivity contribution in [3.05, 3.63) is 29.6 Å². The van der Waals surface area contributed by atoms with Gasteiger partial charge in [-0.1, -0.05) is 26.8 Å². The van der Waals surface area contributed by atoms with Gasteiger partial charge in [-0.3, -0.25) is 0 Å². The minimum atomic E-state index is -0.0288. The first-order valence-corrected chi connectivity index (χ1v) is 9.76. The van der Waals surface area contributed by atoms with E-state index in [0.29, 0.717) is 12.1 Å². The van der Waals surface area contributed by atoms with Crippen LogP contribution in [0.3, 0.4) is 0 Å². The summed E-state index contributed by atoms with van der Waals surface area (Å²) in [5.41, 5.74) is 1.93. The van der Waals surface area contributed by atoms with Crippen LogP contribution in [0.1, 0.15) is 64.9 Å². The van der Waals surface area contributed by atoms with Crippen molar-refractivity contribution in [2.45, 2.75) is 82.8 Å². The van der Waals surface area contributed by atoms with E-state index in [0.717, 1.165) is 17.3 Å². The Morgan fingerprint density at radius 1 is 0.958 bits per heavy atom. The van der Waals surface area contributed by atoms with E-state index in [1.807, 2.05) is 6.07 Å². The van der Waals surface area contributed by atoms with Crippen molar-refractivity contribution in [1.29, 1.82) is 0 Å². The molecule has 2 unspecified atom stereocenters. The van der Waals surface area contributed by atoms with Crippen molar-refractivity contribution in [3.8, 4) is 0 Å². The molecule has 2 atom stereocenters. The van der Waals surface area contributed by atoms with Crippen molar-refractivity contribution in [3.63, 3.8) is 0 Å². The van der Waals surface area contributed by atoms with Crippen LogP contribution in [0.15, 0.2) is 18.2 Å². The van der Waals surface area contributed by atoms with Gasteiger partial charge >= 0.3 is 0 Å². The van der Waals surface area contributed by atoms with Gasteiger partial charge in [0.1, 0.15) is 5.82 Å². The Kier molecular flexibility index (Phi) is 4.11. The molecule has 3 aliphatic heterocycles. The molecule has 0 spiro atoms. The highest BCUT2D eigenvalue weighted by Crippen LogP contribution is 2.42. The lowest BCUT2D eigenvalue weighted by Crippen LogP contribution is -2.50. The molecule has 1 aromatic rings. The molecule has 0 saturated carbocycles. The van der Waals surface area contributed by atoms with Gasteiger partial charge in [0.15, 0.2) is 0 Å². The molecule has 24 heavy (non-hydrogen) atoms. The van der Waals surface area contributed by atoms with Crippen molar-refractivity contribution >= 4 is 5.69 Å². The number of rotatable bonds is 2. The van der Waals surface area contributed by atoms with Crippen LogP contribution >= 0.6 is 0 Å². The van der Waals surface area contributed by atoms with E-state index >= 15 is 0 Å². The van der Waals surface area contributed by atoms with Crippen LogP contribution in [0, 0.1) is 5.82 Å². The average molecular weight is 330 g/mol. The summed E-state index contributed by atoms with van der Waals surface area (Å²) in [4.78, 5) is 5.12. The fourth-order valence-corrected chi connectivity index (χ4v) is 5.13. The highest BCUT2D eigenvalue weighted by molar-refractivity contribution is 5.53. The first-order valence-electron chi connectivity index (χ1n) is 9.76. The maximum absolute atomic E-state index is 14.9. The van der Waals surface area contributed by atoms with E-state index in [9.17, 15) is 4.39 Å². The second kappa shape index (κ2) is 6.01. The molecular weight excluding hydrogens is 299 g/mol. The van der Waals surface area contributed by atoms with Gasteiger partial charge in [0.2, 0.25) is 0 Å². The zero-order valence-electron chi connectivity index (χ0n) is 15.4. The van der Waals surface area contributed by atoms with Crippen LogP contribution in [0.4, 0.5) is 10.1 Å².